The molecule has 7 nitrogen and oxygen atoms in total. The van der Waals surface area contributed by atoms with E-state index in [0.29, 0.717) is 16.7 Å². The van der Waals surface area contributed by atoms with E-state index in [-0.39, 0.29) is 11.6 Å². The molecule has 4 rings (SSSR count). The van der Waals surface area contributed by atoms with Crippen LogP contribution >= 0.6 is 11.8 Å². The van der Waals surface area contributed by atoms with Gasteiger partial charge >= 0.3 is 0 Å². The lowest BCUT2D eigenvalue weighted by atomic mass is 9.94. The Labute approximate surface area is 179 Å². The Hall–Kier alpha value is -2.20. The molecule has 1 aromatic carbocycles. The van der Waals surface area contributed by atoms with Crippen LogP contribution in [-0.4, -0.2) is 51.9 Å². The first-order valence-electron chi connectivity index (χ1n) is 9.46. The Morgan fingerprint density at radius 1 is 1.27 bits per heavy atom. The molecule has 2 aliphatic heterocycles. The minimum atomic E-state index is -3.62. The molecule has 2 N–H and O–H groups in total. The third-order valence-corrected chi connectivity index (χ3v) is 10.1. The SMILES string of the molecule is Cc1nnc(-c2cccc(C3=CC(F)C([C@]4(C)CS(=O)(=O)C(C)(C)C(=N)N4)S3)c2)o1. The molecule has 1 saturated heterocycles. The molecule has 160 valence electrons. The molecule has 0 amide bonds. The minimum Gasteiger partial charge on any atom is -0.421 e. The highest BCUT2D eigenvalue weighted by Gasteiger charge is 2.55. The minimum absolute atomic E-state index is 0.105. The molecule has 0 bridgehead atoms. The third kappa shape index (κ3) is 3.35. The number of halogens is 1. The van der Waals surface area contributed by atoms with Gasteiger partial charge in [0.2, 0.25) is 11.8 Å². The summed E-state index contributed by atoms with van der Waals surface area (Å²) >= 11 is 1.29. The number of alkyl halides is 1. The highest BCUT2D eigenvalue weighted by molar-refractivity contribution is 8.09. The van der Waals surface area contributed by atoms with Gasteiger partial charge in [-0.1, -0.05) is 12.1 Å². The van der Waals surface area contributed by atoms with Gasteiger partial charge in [-0.15, -0.1) is 22.0 Å². The van der Waals surface area contributed by atoms with Crippen LogP contribution in [0.5, 0.6) is 0 Å². The van der Waals surface area contributed by atoms with Gasteiger partial charge in [0.1, 0.15) is 16.8 Å². The van der Waals surface area contributed by atoms with E-state index in [1.807, 2.05) is 24.3 Å². The number of thioether (sulfide) groups is 1. The summed E-state index contributed by atoms with van der Waals surface area (Å²) in [7, 11) is -3.62. The summed E-state index contributed by atoms with van der Waals surface area (Å²) in [5, 5.41) is 18.4. The number of aromatic nitrogens is 2. The average Bonchev–Trinajstić information content (AvgIpc) is 3.26. The van der Waals surface area contributed by atoms with Crippen molar-refractivity contribution in [3.8, 4) is 11.5 Å². The first-order valence-corrected chi connectivity index (χ1v) is 12.0. The highest BCUT2D eigenvalue weighted by atomic mass is 32.2. The van der Waals surface area contributed by atoms with Crippen molar-refractivity contribution in [1.29, 1.82) is 5.41 Å². The number of allylic oxidation sites excluding steroid dienone is 1. The Bertz CT molecular complexity index is 1160. The number of benzene rings is 1. The van der Waals surface area contributed by atoms with Crippen molar-refractivity contribution in [3.05, 3.63) is 41.8 Å². The standard InChI is InChI=1S/C20H23FN4O3S2/c1-11-24-25-17(28-11)13-7-5-6-12(8-13)15-9-14(21)16(29-15)20(4)10-30(26,27)19(2,3)18(22)23-20/h5-9,14,16H,10H2,1-4H3,(H2,22,23)/t14?,16?,20-/m0/s1. The van der Waals surface area contributed by atoms with Gasteiger partial charge in [-0.25, -0.2) is 12.8 Å². The van der Waals surface area contributed by atoms with E-state index < -0.39 is 31.5 Å². The molecule has 0 saturated carbocycles. The monoisotopic (exact) mass is 450 g/mol. The van der Waals surface area contributed by atoms with Gasteiger partial charge in [-0.05, 0) is 44.5 Å². The van der Waals surface area contributed by atoms with Crippen molar-refractivity contribution in [3.63, 3.8) is 0 Å². The second-order valence-corrected chi connectivity index (χ2v) is 12.1. The number of hydrogen-bond acceptors (Lipinski definition) is 7. The quantitative estimate of drug-likeness (QED) is 0.738. The molecule has 2 unspecified atom stereocenters. The fourth-order valence-electron chi connectivity index (χ4n) is 3.69. The van der Waals surface area contributed by atoms with E-state index in [4.69, 9.17) is 9.83 Å². The van der Waals surface area contributed by atoms with E-state index in [2.05, 4.69) is 15.5 Å². The average molecular weight is 451 g/mol. The zero-order valence-electron chi connectivity index (χ0n) is 17.1. The van der Waals surface area contributed by atoms with Crippen LogP contribution < -0.4 is 5.32 Å². The van der Waals surface area contributed by atoms with E-state index in [9.17, 15) is 8.42 Å². The molecule has 1 aromatic heterocycles. The van der Waals surface area contributed by atoms with Crippen LogP contribution in [0.4, 0.5) is 4.39 Å². The van der Waals surface area contributed by atoms with Gasteiger partial charge in [0.05, 0.1) is 16.5 Å². The first-order chi connectivity index (χ1) is 13.9. The predicted octanol–water partition coefficient (Wildman–Crippen LogP) is 3.37. The van der Waals surface area contributed by atoms with Crippen molar-refractivity contribution >= 4 is 32.3 Å². The van der Waals surface area contributed by atoms with Crippen LogP contribution in [-0.2, 0) is 9.84 Å². The Balaban J connectivity index is 1.61. The Kier molecular flexibility index (Phi) is 4.85. The van der Waals surface area contributed by atoms with Crippen LogP contribution in [0.3, 0.4) is 0 Å². The van der Waals surface area contributed by atoms with Crippen LogP contribution in [0.1, 0.15) is 32.2 Å². The Morgan fingerprint density at radius 3 is 2.60 bits per heavy atom. The summed E-state index contributed by atoms with van der Waals surface area (Å²) in [6.45, 7) is 6.38. The van der Waals surface area contributed by atoms with Gasteiger partial charge in [-0.2, -0.15) is 0 Å². The molecule has 0 radical (unpaired) electrons. The smallest absolute Gasteiger partial charge is 0.247 e. The molecule has 10 heteroatoms. The van der Waals surface area contributed by atoms with E-state index in [0.717, 1.165) is 11.1 Å². The van der Waals surface area contributed by atoms with Crippen molar-refractivity contribution < 1.29 is 17.2 Å². The zero-order valence-corrected chi connectivity index (χ0v) is 18.7. The maximum absolute atomic E-state index is 15.1. The lowest BCUT2D eigenvalue weighted by Crippen LogP contribution is -2.69. The highest BCUT2D eigenvalue weighted by Crippen LogP contribution is 2.47. The van der Waals surface area contributed by atoms with E-state index in [1.165, 1.54) is 31.7 Å². The van der Waals surface area contributed by atoms with Crippen molar-refractivity contribution in [2.45, 2.75) is 49.4 Å². The van der Waals surface area contributed by atoms with Gasteiger partial charge in [0.25, 0.3) is 0 Å². The normalized spacial score (nSPS) is 30.0. The molecule has 2 aliphatic rings. The lowest BCUT2D eigenvalue weighted by molar-refractivity contribution is 0.304. The van der Waals surface area contributed by atoms with Crippen LogP contribution in [0.2, 0.25) is 0 Å². The van der Waals surface area contributed by atoms with Gasteiger partial charge < -0.3 is 9.73 Å². The zero-order chi connectivity index (χ0) is 21.9. The van der Waals surface area contributed by atoms with Gasteiger partial charge in [-0.3, -0.25) is 5.41 Å². The summed E-state index contributed by atoms with van der Waals surface area (Å²) in [5.41, 5.74) is 0.410. The Morgan fingerprint density at radius 2 is 1.97 bits per heavy atom. The third-order valence-electron chi connectivity index (χ3n) is 5.68. The van der Waals surface area contributed by atoms with Crippen molar-refractivity contribution in [2.24, 2.45) is 0 Å². The van der Waals surface area contributed by atoms with Gasteiger partial charge in [0, 0.05) is 17.4 Å². The number of aryl methyl sites for hydroxylation is 1. The summed E-state index contributed by atoms with van der Waals surface area (Å²) in [6, 6.07) is 7.37. The fraction of sp³-hybridized carbons (Fsp3) is 0.450. The van der Waals surface area contributed by atoms with E-state index >= 15 is 4.39 Å². The lowest BCUT2D eigenvalue weighted by Gasteiger charge is -2.46. The summed E-state index contributed by atoms with van der Waals surface area (Å²) < 4.78 is 44.9. The second-order valence-electron chi connectivity index (χ2n) is 8.41. The first kappa shape index (κ1) is 21.0. The van der Waals surface area contributed by atoms with Crippen LogP contribution in [0.15, 0.2) is 34.8 Å². The molecule has 30 heavy (non-hydrogen) atoms. The summed E-state index contributed by atoms with van der Waals surface area (Å²) in [6.07, 6.45) is 0.150. The van der Waals surface area contributed by atoms with Crippen molar-refractivity contribution in [1.82, 2.24) is 15.5 Å². The molecule has 3 heterocycles. The number of nitrogens with one attached hydrogen (secondary N) is 2. The van der Waals surface area contributed by atoms with Crippen LogP contribution in [0.25, 0.3) is 16.4 Å². The van der Waals surface area contributed by atoms with Crippen LogP contribution in [0, 0.1) is 12.3 Å². The summed E-state index contributed by atoms with van der Waals surface area (Å²) in [4.78, 5) is 0.711. The topological polar surface area (TPSA) is 109 Å². The largest absolute Gasteiger partial charge is 0.421 e. The van der Waals surface area contributed by atoms with Gasteiger partial charge in [0.15, 0.2) is 9.84 Å². The molecular formula is C20H23FN4O3S2. The number of amidine groups is 1. The maximum atomic E-state index is 15.1. The molecule has 2 aromatic rings. The number of sulfone groups is 1. The van der Waals surface area contributed by atoms with Crippen molar-refractivity contribution in [2.75, 3.05) is 5.75 Å². The molecule has 0 spiro atoms. The maximum Gasteiger partial charge on any atom is 0.247 e. The molecular weight excluding hydrogens is 427 g/mol. The molecule has 1 fully saturated rings. The number of hydrogen-bond donors (Lipinski definition) is 2. The number of rotatable bonds is 3. The summed E-state index contributed by atoms with van der Waals surface area (Å²) in [5.74, 6) is 0.493. The molecule has 3 atom stereocenters. The van der Waals surface area contributed by atoms with E-state index in [1.54, 1.807) is 13.8 Å². The number of nitrogens with zero attached hydrogens (tertiary/aromatic N) is 2. The predicted molar refractivity (Wildman–Crippen MR) is 116 cm³/mol. The molecule has 0 aliphatic carbocycles. The second kappa shape index (κ2) is 6.91. The fourth-order valence-corrected chi connectivity index (χ4v) is 6.92.